The van der Waals surface area contributed by atoms with E-state index in [2.05, 4.69) is 15.4 Å². The second-order valence-electron chi connectivity index (χ2n) is 9.02. The lowest BCUT2D eigenvalue weighted by Gasteiger charge is -2.38. The normalized spacial score (nSPS) is 17.8. The number of aromatic nitrogens is 4. The van der Waals surface area contributed by atoms with Crippen LogP contribution in [0.4, 0.5) is 5.69 Å². The fraction of sp³-hybridized carbons (Fsp3) is 0.435. The molecule has 3 heterocycles. The number of nitrogens with one attached hydrogen (secondary N) is 1. The summed E-state index contributed by atoms with van der Waals surface area (Å²) < 4.78 is 2.99. The summed E-state index contributed by atoms with van der Waals surface area (Å²) in [7, 11) is 0. The molecule has 2 N–H and O–H groups in total. The highest BCUT2D eigenvalue weighted by Gasteiger charge is 2.39. The van der Waals surface area contributed by atoms with Crippen molar-refractivity contribution in [1.82, 2.24) is 24.2 Å². The van der Waals surface area contributed by atoms with Crippen LogP contribution in [0.5, 0.6) is 0 Å². The summed E-state index contributed by atoms with van der Waals surface area (Å²) in [6.07, 6.45) is 5.70. The molecule has 2 aromatic heterocycles. The van der Waals surface area contributed by atoms with Crippen molar-refractivity contribution in [3.63, 3.8) is 0 Å². The van der Waals surface area contributed by atoms with Crippen LogP contribution in [0.25, 0.3) is 16.7 Å². The van der Waals surface area contributed by atoms with Gasteiger partial charge in [0.05, 0.1) is 24.0 Å². The van der Waals surface area contributed by atoms with Gasteiger partial charge in [0, 0.05) is 31.6 Å². The number of carbonyl (C=O) groups excluding carboxylic acids is 2. The van der Waals surface area contributed by atoms with Gasteiger partial charge in [-0.15, -0.1) is 0 Å². The number of benzene rings is 1. The topological polar surface area (TPSA) is 122 Å². The molecule has 1 aliphatic carbocycles. The van der Waals surface area contributed by atoms with E-state index in [0.29, 0.717) is 48.3 Å². The van der Waals surface area contributed by atoms with Gasteiger partial charge in [0.1, 0.15) is 11.7 Å². The highest BCUT2D eigenvalue weighted by Crippen LogP contribution is 2.33. The maximum atomic E-state index is 13.1. The first-order chi connectivity index (χ1) is 15.8. The molecule has 5 rings (SSSR count). The lowest BCUT2D eigenvalue weighted by Crippen LogP contribution is -2.50. The average Bonchev–Trinajstić information content (AvgIpc) is 3.55. The molecule has 0 bridgehead atoms. The molecule has 1 aromatic carbocycles. The van der Waals surface area contributed by atoms with E-state index in [1.54, 1.807) is 28.9 Å². The fourth-order valence-corrected chi connectivity index (χ4v) is 4.35. The lowest BCUT2D eigenvalue weighted by molar-refractivity contribution is -0.137. The Bertz CT molecular complexity index is 1270. The first kappa shape index (κ1) is 21.3. The minimum absolute atomic E-state index is 0.122. The van der Waals surface area contributed by atoms with Gasteiger partial charge in [-0.25, -0.2) is 9.67 Å². The summed E-state index contributed by atoms with van der Waals surface area (Å²) in [4.78, 5) is 42.8. The molecular formula is C23H26N6O4. The summed E-state index contributed by atoms with van der Waals surface area (Å²) in [6.45, 7) is 2.57. The summed E-state index contributed by atoms with van der Waals surface area (Å²) in [5.41, 5.74) is 0.451. The maximum absolute atomic E-state index is 13.1. The first-order valence-corrected chi connectivity index (χ1v) is 11.2. The molecule has 1 saturated carbocycles. The van der Waals surface area contributed by atoms with Crippen molar-refractivity contribution >= 4 is 28.5 Å². The van der Waals surface area contributed by atoms with Gasteiger partial charge in [-0.05, 0) is 49.9 Å². The molecule has 33 heavy (non-hydrogen) atoms. The number of amides is 2. The van der Waals surface area contributed by atoms with E-state index in [4.69, 9.17) is 0 Å². The number of rotatable bonds is 5. The van der Waals surface area contributed by atoms with Gasteiger partial charge in [-0.2, -0.15) is 5.10 Å². The van der Waals surface area contributed by atoms with Crippen molar-refractivity contribution in [3.8, 4) is 5.69 Å². The molecule has 0 unspecified atom stereocenters. The van der Waals surface area contributed by atoms with Gasteiger partial charge in [0.2, 0.25) is 11.8 Å². The molecule has 0 spiro atoms. The zero-order valence-corrected chi connectivity index (χ0v) is 18.4. The van der Waals surface area contributed by atoms with Gasteiger partial charge < -0.3 is 15.3 Å². The van der Waals surface area contributed by atoms with Gasteiger partial charge in [-0.1, -0.05) is 0 Å². The van der Waals surface area contributed by atoms with Crippen LogP contribution < -0.4 is 10.9 Å². The number of piperidine rings is 1. The largest absolute Gasteiger partial charge is 0.388 e. The molecule has 3 aromatic rings. The minimum Gasteiger partial charge on any atom is -0.388 e. The summed E-state index contributed by atoms with van der Waals surface area (Å²) >= 11 is 0. The highest BCUT2D eigenvalue weighted by molar-refractivity contribution is 5.88. The minimum atomic E-state index is -1.06. The fourth-order valence-electron chi connectivity index (χ4n) is 4.35. The van der Waals surface area contributed by atoms with E-state index in [-0.39, 0.29) is 29.8 Å². The Labute approximate surface area is 189 Å². The monoisotopic (exact) mass is 450 g/mol. The molecule has 1 aliphatic heterocycles. The highest BCUT2D eigenvalue weighted by atomic mass is 16.3. The van der Waals surface area contributed by atoms with Crippen LogP contribution in [0.15, 0.2) is 41.6 Å². The molecule has 2 aliphatic rings. The van der Waals surface area contributed by atoms with Crippen molar-refractivity contribution in [2.45, 2.75) is 44.8 Å². The number of hydrogen-bond acceptors (Lipinski definition) is 6. The number of nitrogens with zero attached hydrogens (tertiary/aromatic N) is 5. The lowest BCUT2D eigenvalue weighted by atomic mass is 9.91. The van der Waals surface area contributed by atoms with Crippen LogP contribution in [0.1, 0.15) is 32.6 Å². The number of aliphatic hydroxyl groups is 1. The zero-order valence-electron chi connectivity index (χ0n) is 18.4. The third kappa shape index (κ3) is 4.25. The molecule has 2 fully saturated rings. The quantitative estimate of drug-likeness (QED) is 0.604. The number of anilines is 1. The maximum Gasteiger partial charge on any atom is 0.264 e. The van der Waals surface area contributed by atoms with Gasteiger partial charge >= 0.3 is 0 Å². The second-order valence-corrected chi connectivity index (χ2v) is 9.02. The second kappa shape index (κ2) is 8.11. The van der Waals surface area contributed by atoms with E-state index < -0.39 is 5.60 Å². The van der Waals surface area contributed by atoms with E-state index in [0.717, 1.165) is 12.8 Å². The molecule has 0 radical (unpaired) electrons. The summed E-state index contributed by atoms with van der Waals surface area (Å²) in [5, 5.41) is 18.5. The van der Waals surface area contributed by atoms with E-state index in [9.17, 15) is 19.5 Å². The van der Waals surface area contributed by atoms with E-state index in [1.165, 1.54) is 24.0 Å². The average molecular weight is 450 g/mol. The SMILES string of the molecule is CC(=O)Nc1ccc(-n2ncc3c(=O)n(CC4(O)CCN(C(=O)C5CC5)CC4)cnc32)cc1. The third-order valence-electron chi connectivity index (χ3n) is 6.38. The van der Waals surface area contributed by atoms with Gasteiger partial charge in [0.25, 0.3) is 5.56 Å². The Balaban J connectivity index is 1.34. The Morgan fingerprint density at radius 1 is 1.18 bits per heavy atom. The molecule has 10 heteroatoms. The van der Waals surface area contributed by atoms with Crippen LogP contribution in [0, 0.1) is 5.92 Å². The predicted octanol–water partition coefficient (Wildman–Crippen LogP) is 1.30. The van der Waals surface area contributed by atoms with Crippen LogP contribution in [0.3, 0.4) is 0 Å². The molecular weight excluding hydrogens is 424 g/mol. The Hall–Kier alpha value is -3.53. The van der Waals surface area contributed by atoms with Crippen molar-refractivity contribution < 1.29 is 14.7 Å². The predicted molar refractivity (Wildman–Crippen MR) is 121 cm³/mol. The smallest absolute Gasteiger partial charge is 0.264 e. The van der Waals surface area contributed by atoms with Crippen molar-refractivity contribution in [2.24, 2.45) is 5.92 Å². The number of likely N-dealkylation sites (tertiary alicyclic amines) is 1. The summed E-state index contributed by atoms with van der Waals surface area (Å²) in [6, 6.07) is 7.07. The molecule has 172 valence electrons. The molecule has 1 saturated heterocycles. The molecule has 10 nitrogen and oxygen atoms in total. The van der Waals surface area contributed by atoms with Crippen molar-refractivity contribution in [3.05, 3.63) is 47.1 Å². The molecule has 2 amide bonds. The Morgan fingerprint density at radius 2 is 1.88 bits per heavy atom. The van der Waals surface area contributed by atoms with Crippen LogP contribution in [-0.4, -0.2) is 59.8 Å². The zero-order chi connectivity index (χ0) is 23.2. The Morgan fingerprint density at radius 3 is 2.52 bits per heavy atom. The Kier molecular flexibility index (Phi) is 5.24. The van der Waals surface area contributed by atoms with Crippen LogP contribution in [0.2, 0.25) is 0 Å². The molecule has 0 atom stereocenters. The number of fused-ring (bicyclic) bond motifs is 1. The first-order valence-electron chi connectivity index (χ1n) is 11.2. The van der Waals surface area contributed by atoms with Gasteiger partial charge in [0.15, 0.2) is 5.65 Å². The number of carbonyl (C=O) groups is 2. The summed E-state index contributed by atoms with van der Waals surface area (Å²) in [5.74, 6) is 0.203. The van der Waals surface area contributed by atoms with E-state index >= 15 is 0 Å². The van der Waals surface area contributed by atoms with Crippen LogP contribution >= 0.6 is 0 Å². The standard InChI is InChI=1S/C23H26N6O4/c1-15(30)26-17-4-6-18(7-5-17)29-20-19(12-25-29)22(32)28(14-24-20)13-23(33)8-10-27(11-9-23)21(31)16-2-3-16/h4-7,12,14,16,33H,2-3,8-11,13H2,1H3,(H,26,30). The van der Waals surface area contributed by atoms with Gasteiger partial charge in [-0.3, -0.25) is 19.0 Å². The van der Waals surface area contributed by atoms with Crippen molar-refractivity contribution in [1.29, 1.82) is 0 Å². The number of hydrogen-bond donors (Lipinski definition) is 2. The van der Waals surface area contributed by atoms with E-state index in [1.807, 2.05) is 4.90 Å². The van der Waals surface area contributed by atoms with Crippen LogP contribution in [-0.2, 0) is 16.1 Å². The third-order valence-corrected chi connectivity index (χ3v) is 6.38. The van der Waals surface area contributed by atoms with Crippen molar-refractivity contribution in [2.75, 3.05) is 18.4 Å².